The van der Waals surface area contributed by atoms with Crippen molar-refractivity contribution in [2.75, 3.05) is 13.1 Å². The van der Waals surface area contributed by atoms with Gasteiger partial charge in [0.25, 0.3) is 0 Å². The van der Waals surface area contributed by atoms with Gasteiger partial charge in [-0.05, 0) is 37.3 Å². The number of aliphatic hydroxyl groups is 2. The number of piperidine rings is 1. The molecule has 0 saturated carbocycles. The van der Waals surface area contributed by atoms with Crippen LogP contribution in [0.2, 0.25) is 0 Å². The fourth-order valence-electron chi connectivity index (χ4n) is 2.13. The maximum absolute atomic E-state index is 11.2. The highest BCUT2D eigenvalue weighted by molar-refractivity contribution is 7.12. The Morgan fingerprint density at radius 3 is 2.94 bits per heavy atom. The average Bonchev–Trinajstić information content (AvgIpc) is 2.73. The first-order valence-corrected chi connectivity index (χ1v) is 6.97. The lowest BCUT2D eigenvalue weighted by molar-refractivity contribution is -0.108. The number of rotatable bonds is 3. The maximum Gasteiger partial charge on any atom is 0.169 e. The van der Waals surface area contributed by atoms with Crippen molar-refractivity contribution in [1.29, 1.82) is 0 Å². The SMILES string of the molecule is CC(=O)c1cc(CN2CC[C@@](C)(O)[C@H](O)C2)cs1. The molecule has 2 rings (SSSR count). The van der Waals surface area contributed by atoms with Gasteiger partial charge in [-0.15, -0.1) is 11.3 Å². The Bertz CT molecular complexity index is 441. The van der Waals surface area contributed by atoms with Crippen LogP contribution in [0.4, 0.5) is 0 Å². The van der Waals surface area contributed by atoms with Crippen molar-refractivity contribution in [1.82, 2.24) is 4.90 Å². The molecular formula is C13H19NO3S. The lowest BCUT2D eigenvalue weighted by atomic mass is 9.90. The summed E-state index contributed by atoms with van der Waals surface area (Å²) in [5.41, 5.74) is 0.120. The van der Waals surface area contributed by atoms with Gasteiger partial charge in [0.05, 0.1) is 16.6 Å². The molecular weight excluding hydrogens is 250 g/mol. The van der Waals surface area contributed by atoms with Gasteiger partial charge in [-0.1, -0.05) is 0 Å². The van der Waals surface area contributed by atoms with E-state index in [0.717, 1.165) is 23.5 Å². The number of hydrogen-bond donors (Lipinski definition) is 2. The third kappa shape index (κ3) is 2.98. The van der Waals surface area contributed by atoms with E-state index in [0.29, 0.717) is 13.0 Å². The number of thiophene rings is 1. The number of hydrogen-bond acceptors (Lipinski definition) is 5. The number of Topliss-reactive ketones (excluding diaryl/α,β-unsaturated/α-hetero) is 1. The molecule has 2 atom stereocenters. The van der Waals surface area contributed by atoms with E-state index in [1.54, 1.807) is 13.8 Å². The van der Waals surface area contributed by atoms with Crippen LogP contribution in [-0.2, 0) is 6.54 Å². The Morgan fingerprint density at radius 2 is 2.39 bits per heavy atom. The van der Waals surface area contributed by atoms with Crippen LogP contribution in [-0.4, -0.2) is 45.7 Å². The first kappa shape index (κ1) is 13.7. The van der Waals surface area contributed by atoms with Crippen molar-refractivity contribution < 1.29 is 15.0 Å². The minimum Gasteiger partial charge on any atom is -0.389 e. The largest absolute Gasteiger partial charge is 0.389 e. The van der Waals surface area contributed by atoms with Crippen LogP contribution in [0.1, 0.15) is 35.5 Å². The first-order valence-electron chi connectivity index (χ1n) is 6.09. The molecule has 0 amide bonds. The van der Waals surface area contributed by atoms with Crippen LogP contribution in [0.15, 0.2) is 11.4 Å². The van der Waals surface area contributed by atoms with Crippen molar-refractivity contribution in [2.45, 2.75) is 38.5 Å². The topological polar surface area (TPSA) is 60.8 Å². The van der Waals surface area contributed by atoms with Gasteiger partial charge in [-0.25, -0.2) is 0 Å². The Hall–Kier alpha value is -0.750. The molecule has 18 heavy (non-hydrogen) atoms. The van der Waals surface area contributed by atoms with E-state index in [1.807, 2.05) is 11.4 Å². The van der Waals surface area contributed by atoms with Crippen molar-refractivity contribution in [3.8, 4) is 0 Å². The van der Waals surface area contributed by atoms with Crippen LogP contribution in [0.5, 0.6) is 0 Å². The Kier molecular flexibility index (Phi) is 3.87. The second-order valence-electron chi connectivity index (χ2n) is 5.23. The molecule has 2 heterocycles. The number of β-amino-alcohol motifs (C(OH)–C–C–N with tert-alkyl or cyclic N) is 1. The number of nitrogens with zero attached hydrogens (tertiary/aromatic N) is 1. The summed E-state index contributed by atoms with van der Waals surface area (Å²) in [6.07, 6.45) is -0.144. The number of aliphatic hydroxyl groups excluding tert-OH is 1. The summed E-state index contributed by atoms with van der Waals surface area (Å²) in [5.74, 6) is 0.0906. The molecule has 1 aromatic rings. The van der Waals surface area contributed by atoms with Gasteiger partial charge in [0.2, 0.25) is 0 Å². The van der Waals surface area contributed by atoms with Crippen molar-refractivity contribution in [2.24, 2.45) is 0 Å². The van der Waals surface area contributed by atoms with E-state index in [1.165, 1.54) is 11.3 Å². The zero-order valence-corrected chi connectivity index (χ0v) is 11.5. The lowest BCUT2D eigenvalue weighted by Gasteiger charge is -2.39. The predicted molar refractivity (Wildman–Crippen MR) is 70.8 cm³/mol. The molecule has 4 nitrogen and oxygen atoms in total. The molecule has 1 aliphatic rings. The molecule has 0 bridgehead atoms. The van der Waals surface area contributed by atoms with Crippen LogP contribution >= 0.6 is 11.3 Å². The summed E-state index contributed by atoms with van der Waals surface area (Å²) in [5, 5.41) is 21.7. The quantitative estimate of drug-likeness (QED) is 0.811. The Labute approximate surface area is 111 Å². The van der Waals surface area contributed by atoms with Gasteiger partial charge < -0.3 is 10.2 Å². The molecule has 1 aliphatic heterocycles. The molecule has 2 N–H and O–H groups in total. The fourth-order valence-corrected chi connectivity index (χ4v) is 2.93. The highest BCUT2D eigenvalue weighted by atomic mass is 32.1. The summed E-state index contributed by atoms with van der Waals surface area (Å²) >= 11 is 1.46. The molecule has 0 radical (unpaired) electrons. The average molecular weight is 269 g/mol. The van der Waals surface area contributed by atoms with Crippen molar-refractivity contribution >= 4 is 17.1 Å². The third-order valence-corrected chi connectivity index (χ3v) is 4.57. The van der Waals surface area contributed by atoms with E-state index in [9.17, 15) is 15.0 Å². The second kappa shape index (κ2) is 5.09. The van der Waals surface area contributed by atoms with Crippen LogP contribution in [0.25, 0.3) is 0 Å². The van der Waals surface area contributed by atoms with Crippen LogP contribution in [0, 0.1) is 0 Å². The van der Waals surface area contributed by atoms with Gasteiger partial charge in [-0.3, -0.25) is 9.69 Å². The fraction of sp³-hybridized carbons (Fsp3) is 0.615. The lowest BCUT2D eigenvalue weighted by Crippen LogP contribution is -2.53. The minimum absolute atomic E-state index is 0.0906. The summed E-state index contributed by atoms with van der Waals surface area (Å²) in [4.78, 5) is 14.1. The molecule has 0 aliphatic carbocycles. The van der Waals surface area contributed by atoms with Crippen molar-refractivity contribution in [3.05, 3.63) is 21.9 Å². The van der Waals surface area contributed by atoms with Gasteiger partial charge in [0.1, 0.15) is 0 Å². The molecule has 0 unspecified atom stereocenters. The summed E-state index contributed by atoms with van der Waals surface area (Å²) in [6.45, 7) is 5.19. The van der Waals surface area contributed by atoms with Gasteiger partial charge >= 0.3 is 0 Å². The minimum atomic E-state index is -0.976. The normalized spacial score (nSPS) is 29.4. The monoisotopic (exact) mass is 269 g/mol. The molecule has 0 spiro atoms. The number of carbonyl (C=O) groups excluding carboxylic acids is 1. The zero-order chi connectivity index (χ0) is 13.3. The highest BCUT2D eigenvalue weighted by Crippen LogP contribution is 2.24. The number of ketones is 1. The predicted octanol–water partition coefficient (Wildman–Crippen LogP) is 1.27. The smallest absolute Gasteiger partial charge is 0.169 e. The Morgan fingerprint density at radius 1 is 1.67 bits per heavy atom. The van der Waals surface area contributed by atoms with E-state index >= 15 is 0 Å². The first-order chi connectivity index (χ1) is 8.38. The number of carbonyl (C=O) groups is 1. The molecule has 5 heteroatoms. The van der Waals surface area contributed by atoms with E-state index in [2.05, 4.69) is 4.90 Å². The van der Waals surface area contributed by atoms with Crippen LogP contribution < -0.4 is 0 Å². The molecule has 100 valence electrons. The summed E-state index contributed by atoms with van der Waals surface area (Å²) in [7, 11) is 0. The standard InChI is InChI=1S/C13H19NO3S/c1-9(15)11-5-10(8-18-11)6-14-4-3-13(2,17)12(16)7-14/h5,8,12,16-17H,3-4,6-7H2,1-2H3/t12-,13-/m1/s1. The summed E-state index contributed by atoms with van der Waals surface area (Å²) in [6, 6.07) is 1.91. The Balaban J connectivity index is 1.96. The molecule has 1 aromatic heterocycles. The van der Waals surface area contributed by atoms with Gasteiger partial charge in [-0.2, -0.15) is 0 Å². The van der Waals surface area contributed by atoms with E-state index in [-0.39, 0.29) is 5.78 Å². The number of likely N-dealkylation sites (tertiary alicyclic amines) is 1. The molecule has 0 aromatic carbocycles. The van der Waals surface area contributed by atoms with Crippen LogP contribution in [0.3, 0.4) is 0 Å². The molecule has 1 fully saturated rings. The third-order valence-electron chi connectivity index (χ3n) is 3.49. The van der Waals surface area contributed by atoms with E-state index < -0.39 is 11.7 Å². The van der Waals surface area contributed by atoms with Crippen molar-refractivity contribution in [3.63, 3.8) is 0 Å². The highest BCUT2D eigenvalue weighted by Gasteiger charge is 2.36. The summed E-state index contributed by atoms with van der Waals surface area (Å²) < 4.78 is 0. The second-order valence-corrected chi connectivity index (χ2v) is 6.14. The molecule has 1 saturated heterocycles. The van der Waals surface area contributed by atoms with Gasteiger partial charge in [0, 0.05) is 19.6 Å². The van der Waals surface area contributed by atoms with Gasteiger partial charge in [0.15, 0.2) is 5.78 Å². The van der Waals surface area contributed by atoms with E-state index in [4.69, 9.17) is 0 Å². The maximum atomic E-state index is 11.2. The zero-order valence-electron chi connectivity index (χ0n) is 10.7.